The van der Waals surface area contributed by atoms with Gasteiger partial charge in [-0.15, -0.1) is 0 Å². The second kappa shape index (κ2) is 8.84. The molecule has 0 aliphatic carbocycles. The zero-order valence-corrected chi connectivity index (χ0v) is 17.2. The van der Waals surface area contributed by atoms with Crippen molar-refractivity contribution in [1.29, 1.82) is 0 Å². The summed E-state index contributed by atoms with van der Waals surface area (Å²) in [5.74, 6) is 0. The maximum absolute atomic E-state index is 5.99. The Bertz CT molecular complexity index is 434. The van der Waals surface area contributed by atoms with Crippen LogP contribution in [0.2, 0.25) is 0 Å². The van der Waals surface area contributed by atoms with E-state index in [0.29, 0.717) is 12.1 Å². The summed E-state index contributed by atoms with van der Waals surface area (Å²) >= 11 is 0. The second-order valence-corrected chi connectivity index (χ2v) is 9.53. The maximum Gasteiger partial charge on any atom is 0.0827 e. The highest BCUT2D eigenvalue weighted by molar-refractivity contribution is 4.90. The van der Waals surface area contributed by atoms with Crippen molar-refractivity contribution < 1.29 is 14.2 Å². The van der Waals surface area contributed by atoms with Crippen molar-refractivity contribution >= 4 is 0 Å². The van der Waals surface area contributed by atoms with Gasteiger partial charge >= 0.3 is 0 Å². The standard InChI is InChI=1S/C20H39N3O3/c1-19(2,6-7-20(3,4)22-16-5-9-24-13-16)21-11-18-12-23(8-10-26-18)17-14-25-15-17/h16-18,21-22H,5-15H2,1-4H3/t16-,18-/m0/s1. The highest BCUT2D eigenvalue weighted by atomic mass is 16.5. The molecule has 0 radical (unpaired) electrons. The van der Waals surface area contributed by atoms with Gasteiger partial charge in [0.25, 0.3) is 0 Å². The molecule has 26 heavy (non-hydrogen) atoms. The summed E-state index contributed by atoms with van der Waals surface area (Å²) in [5, 5.41) is 7.52. The van der Waals surface area contributed by atoms with Crippen LogP contribution < -0.4 is 10.6 Å². The highest BCUT2D eigenvalue weighted by Gasteiger charge is 2.32. The van der Waals surface area contributed by atoms with E-state index in [1.807, 2.05) is 0 Å². The molecule has 3 aliphatic heterocycles. The van der Waals surface area contributed by atoms with Gasteiger partial charge in [0.05, 0.1) is 38.6 Å². The van der Waals surface area contributed by atoms with Crippen molar-refractivity contribution in [2.45, 2.75) is 76.2 Å². The monoisotopic (exact) mass is 369 g/mol. The van der Waals surface area contributed by atoms with Crippen LogP contribution >= 0.6 is 0 Å². The van der Waals surface area contributed by atoms with Crippen molar-refractivity contribution in [2.75, 3.05) is 52.7 Å². The van der Waals surface area contributed by atoms with Crippen LogP contribution in [0.3, 0.4) is 0 Å². The van der Waals surface area contributed by atoms with Gasteiger partial charge in [0.15, 0.2) is 0 Å². The van der Waals surface area contributed by atoms with Crippen molar-refractivity contribution in [3.63, 3.8) is 0 Å². The van der Waals surface area contributed by atoms with Gasteiger partial charge in [-0.3, -0.25) is 4.90 Å². The smallest absolute Gasteiger partial charge is 0.0827 e. The van der Waals surface area contributed by atoms with E-state index < -0.39 is 0 Å². The molecule has 3 saturated heterocycles. The van der Waals surface area contributed by atoms with Gasteiger partial charge in [0, 0.05) is 43.4 Å². The lowest BCUT2D eigenvalue weighted by atomic mass is 9.88. The van der Waals surface area contributed by atoms with Gasteiger partial charge < -0.3 is 24.8 Å². The molecular formula is C20H39N3O3. The fourth-order valence-corrected chi connectivity index (χ4v) is 4.01. The first-order chi connectivity index (χ1) is 12.3. The summed E-state index contributed by atoms with van der Waals surface area (Å²) in [7, 11) is 0. The molecule has 0 amide bonds. The lowest BCUT2D eigenvalue weighted by molar-refractivity contribution is -0.113. The maximum atomic E-state index is 5.99. The Morgan fingerprint density at radius 1 is 0.962 bits per heavy atom. The minimum atomic E-state index is 0.107. The van der Waals surface area contributed by atoms with Crippen molar-refractivity contribution in [2.24, 2.45) is 0 Å². The molecule has 2 atom stereocenters. The van der Waals surface area contributed by atoms with E-state index in [9.17, 15) is 0 Å². The van der Waals surface area contributed by atoms with Crippen LogP contribution in [0.5, 0.6) is 0 Å². The quantitative estimate of drug-likeness (QED) is 0.641. The summed E-state index contributed by atoms with van der Waals surface area (Å²) in [5.41, 5.74) is 0.246. The van der Waals surface area contributed by atoms with Crippen LogP contribution in [0, 0.1) is 0 Å². The minimum Gasteiger partial charge on any atom is -0.380 e. The molecule has 0 bridgehead atoms. The number of hydrogen-bond donors (Lipinski definition) is 2. The molecule has 0 saturated carbocycles. The molecular weight excluding hydrogens is 330 g/mol. The molecule has 0 aromatic rings. The first kappa shape index (κ1) is 20.5. The molecule has 2 N–H and O–H groups in total. The average Bonchev–Trinajstić information content (AvgIpc) is 3.03. The summed E-state index contributed by atoms with van der Waals surface area (Å²) in [4.78, 5) is 2.53. The van der Waals surface area contributed by atoms with E-state index in [-0.39, 0.29) is 17.2 Å². The van der Waals surface area contributed by atoms with Gasteiger partial charge in [-0.05, 0) is 47.0 Å². The Balaban J connectivity index is 1.37. The number of hydrogen-bond acceptors (Lipinski definition) is 6. The number of morpholine rings is 1. The predicted molar refractivity (Wildman–Crippen MR) is 104 cm³/mol. The largest absolute Gasteiger partial charge is 0.380 e. The third-order valence-electron chi connectivity index (χ3n) is 6.01. The van der Waals surface area contributed by atoms with Crippen LogP contribution in [-0.2, 0) is 14.2 Å². The summed E-state index contributed by atoms with van der Waals surface area (Å²) in [6.07, 6.45) is 3.69. The van der Waals surface area contributed by atoms with E-state index in [0.717, 1.165) is 71.9 Å². The van der Waals surface area contributed by atoms with Crippen molar-refractivity contribution in [3.05, 3.63) is 0 Å². The van der Waals surface area contributed by atoms with Crippen LogP contribution in [0.15, 0.2) is 0 Å². The van der Waals surface area contributed by atoms with Crippen LogP contribution in [0.25, 0.3) is 0 Å². The molecule has 152 valence electrons. The summed E-state index contributed by atoms with van der Waals surface area (Å²) < 4.78 is 16.8. The lowest BCUT2D eigenvalue weighted by Gasteiger charge is -2.42. The molecule has 3 heterocycles. The molecule has 0 aromatic heterocycles. The lowest BCUT2D eigenvalue weighted by Crippen LogP contribution is -2.57. The zero-order chi connectivity index (χ0) is 18.6. The minimum absolute atomic E-state index is 0.107. The van der Waals surface area contributed by atoms with Gasteiger partial charge in [-0.25, -0.2) is 0 Å². The average molecular weight is 370 g/mol. The van der Waals surface area contributed by atoms with E-state index in [2.05, 4.69) is 43.2 Å². The summed E-state index contributed by atoms with van der Waals surface area (Å²) in [6, 6.07) is 1.12. The first-order valence-corrected chi connectivity index (χ1v) is 10.4. The van der Waals surface area contributed by atoms with Gasteiger partial charge in [-0.1, -0.05) is 0 Å². The Labute approximate surface area is 159 Å². The molecule has 3 rings (SSSR count). The highest BCUT2D eigenvalue weighted by Crippen LogP contribution is 2.22. The predicted octanol–water partition coefficient (Wildman–Crippen LogP) is 1.39. The second-order valence-electron chi connectivity index (χ2n) is 9.53. The van der Waals surface area contributed by atoms with Gasteiger partial charge in [0.1, 0.15) is 0 Å². The molecule has 0 unspecified atom stereocenters. The van der Waals surface area contributed by atoms with Crippen LogP contribution in [-0.4, -0.2) is 86.8 Å². The fraction of sp³-hybridized carbons (Fsp3) is 1.00. The van der Waals surface area contributed by atoms with E-state index in [1.54, 1.807) is 0 Å². The number of ether oxygens (including phenoxy) is 3. The van der Waals surface area contributed by atoms with E-state index >= 15 is 0 Å². The van der Waals surface area contributed by atoms with Crippen LogP contribution in [0.1, 0.15) is 47.0 Å². The molecule has 0 aromatic carbocycles. The summed E-state index contributed by atoms with van der Waals surface area (Å²) in [6.45, 7) is 16.6. The first-order valence-electron chi connectivity index (χ1n) is 10.4. The van der Waals surface area contributed by atoms with E-state index in [4.69, 9.17) is 14.2 Å². The third kappa shape index (κ3) is 6.14. The Morgan fingerprint density at radius 2 is 1.73 bits per heavy atom. The molecule has 0 spiro atoms. The van der Waals surface area contributed by atoms with Crippen molar-refractivity contribution in [3.8, 4) is 0 Å². The van der Waals surface area contributed by atoms with Gasteiger partial charge in [0.2, 0.25) is 0 Å². The number of nitrogens with zero attached hydrogens (tertiary/aromatic N) is 1. The zero-order valence-electron chi connectivity index (χ0n) is 17.2. The van der Waals surface area contributed by atoms with Crippen molar-refractivity contribution in [1.82, 2.24) is 15.5 Å². The van der Waals surface area contributed by atoms with Crippen LogP contribution in [0.4, 0.5) is 0 Å². The Hall–Kier alpha value is -0.240. The topological polar surface area (TPSA) is 55.0 Å². The third-order valence-corrected chi connectivity index (χ3v) is 6.01. The number of rotatable bonds is 9. The Kier molecular flexibility index (Phi) is 6.97. The molecule has 3 fully saturated rings. The normalized spacial score (nSPS) is 29.1. The van der Waals surface area contributed by atoms with Gasteiger partial charge in [-0.2, -0.15) is 0 Å². The number of nitrogens with one attached hydrogen (secondary N) is 2. The molecule has 6 heteroatoms. The molecule has 3 aliphatic rings. The van der Waals surface area contributed by atoms with E-state index in [1.165, 1.54) is 0 Å². The SMILES string of the molecule is CC(C)(CCC(C)(C)N[C@H]1CCOC1)NC[C@H]1CN(C2COC2)CCO1. The molecule has 6 nitrogen and oxygen atoms in total. The fourth-order valence-electron chi connectivity index (χ4n) is 4.01. The Morgan fingerprint density at radius 3 is 2.38 bits per heavy atom.